The molecule has 0 aromatic heterocycles. The number of carbonyl (C=O) groups is 1. The molecule has 1 spiro atoms. The molecule has 2 fully saturated rings. The van der Waals surface area contributed by atoms with Crippen molar-refractivity contribution in [2.45, 2.75) is 26.2 Å². The molecule has 0 aliphatic carbocycles. The van der Waals surface area contributed by atoms with Crippen LogP contribution in [0.2, 0.25) is 5.02 Å². The van der Waals surface area contributed by atoms with E-state index in [2.05, 4.69) is 11.9 Å². The number of hydrogen-bond acceptors (Lipinski definition) is 3. The quantitative estimate of drug-likeness (QED) is 0.850. The van der Waals surface area contributed by atoms with Crippen LogP contribution in [-0.2, 0) is 4.79 Å². The summed E-state index contributed by atoms with van der Waals surface area (Å²) in [5.41, 5.74) is 1.29. The highest BCUT2D eigenvalue weighted by Crippen LogP contribution is 2.40. The fourth-order valence-electron chi connectivity index (χ4n) is 3.67. The third-order valence-corrected chi connectivity index (χ3v) is 5.64. The van der Waals surface area contributed by atoms with Crippen LogP contribution in [0.3, 0.4) is 0 Å². The van der Waals surface area contributed by atoms with Gasteiger partial charge in [-0.25, -0.2) is 0 Å². The molecule has 1 aromatic rings. The number of aryl methyl sites for hydroxylation is 1. The van der Waals surface area contributed by atoms with Gasteiger partial charge in [-0.1, -0.05) is 23.7 Å². The van der Waals surface area contributed by atoms with Gasteiger partial charge in [0, 0.05) is 13.1 Å². The molecule has 23 heavy (non-hydrogen) atoms. The number of para-hydroxylation sites is 1. The molecule has 2 heterocycles. The minimum Gasteiger partial charge on any atom is -0.482 e. The topological polar surface area (TPSA) is 32.8 Å². The Balaban J connectivity index is 1.56. The minimum absolute atomic E-state index is 0.0696. The number of likely N-dealkylation sites (tertiary alicyclic amines) is 2. The van der Waals surface area contributed by atoms with E-state index in [9.17, 15) is 4.79 Å². The molecule has 5 heteroatoms. The maximum absolute atomic E-state index is 12.5. The second-order valence-corrected chi connectivity index (χ2v) is 7.45. The number of nitrogens with zero attached hydrogens (tertiary/aromatic N) is 2. The zero-order chi connectivity index (χ0) is 16.4. The summed E-state index contributed by atoms with van der Waals surface area (Å²) >= 11 is 6.15. The Bertz CT molecular complexity index is 562. The van der Waals surface area contributed by atoms with Crippen LogP contribution in [0.15, 0.2) is 18.2 Å². The Morgan fingerprint density at radius 3 is 2.65 bits per heavy atom. The molecule has 0 saturated carbocycles. The van der Waals surface area contributed by atoms with Crippen molar-refractivity contribution < 1.29 is 9.53 Å². The van der Waals surface area contributed by atoms with Gasteiger partial charge in [-0.3, -0.25) is 4.79 Å². The standard InChI is InChI=1S/C18H25ClN2O2/c1-14-4-3-5-15(19)17(14)23-12-16(22)21-11-8-18(13-21)6-9-20(2)10-7-18/h3-5H,6-13H2,1-2H3. The second kappa shape index (κ2) is 6.70. The first-order valence-corrected chi connectivity index (χ1v) is 8.71. The zero-order valence-corrected chi connectivity index (χ0v) is 14.7. The van der Waals surface area contributed by atoms with Gasteiger partial charge < -0.3 is 14.5 Å². The van der Waals surface area contributed by atoms with Gasteiger partial charge in [0.2, 0.25) is 0 Å². The van der Waals surface area contributed by atoms with Gasteiger partial charge in [-0.05, 0) is 63.4 Å². The SMILES string of the molecule is Cc1cccc(Cl)c1OCC(=O)N1CCC2(CCN(C)CC2)C1. The summed E-state index contributed by atoms with van der Waals surface area (Å²) < 4.78 is 5.70. The van der Waals surface area contributed by atoms with E-state index in [0.717, 1.165) is 38.2 Å². The Kier molecular flexibility index (Phi) is 4.83. The highest BCUT2D eigenvalue weighted by molar-refractivity contribution is 6.32. The predicted molar refractivity (Wildman–Crippen MR) is 92.0 cm³/mol. The van der Waals surface area contributed by atoms with Crippen LogP contribution in [0.5, 0.6) is 5.75 Å². The van der Waals surface area contributed by atoms with Gasteiger partial charge in [-0.15, -0.1) is 0 Å². The van der Waals surface area contributed by atoms with E-state index in [1.165, 1.54) is 12.8 Å². The van der Waals surface area contributed by atoms with E-state index in [1.807, 2.05) is 24.0 Å². The van der Waals surface area contributed by atoms with Crippen molar-refractivity contribution in [3.63, 3.8) is 0 Å². The van der Waals surface area contributed by atoms with Crippen LogP contribution >= 0.6 is 11.6 Å². The summed E-state index contributed by atoms with van der Waals surface area (Å²) in [6.07, 6.45) is 3.51. The van der Waals surface area contributed by atoms with Gasteiger partial charge in [0.05, 0.1) is 5.02 Å². The minimum atomic E-state index is 0.0696. The average molecular weight is 337 g/mol. The van der Waals surface area contributed by atoms with Crippen LogP contribution in [-0.4, -0.2) is 55.5 Å². The summed E-state index contributed by atoms with van der Waals surface area (Å²) in [6.45, 7) is 6.02. The van der Waals surface area contributed by atoms with Crippen LogP contribution in [0.4, 0.5) is 0 Å². The summed E-state index contributed by atoms with van der Waals surface area (Å²) in [7, 11) is 2.17. The lowest BCUT2D eigenvalue weighted by Crippen LogP contribution is -2.41. The molecule has 4 nitrogen and oxygen atoms in total. The Labute approximate surface area is 143 Å². The number of rotatable bonds is 3. The number of carbonyl (C=O) groups excluding carboxylic acids is 1. The van der Waals surface area contributed by atoms with Crippen molar-refractivity contribution in [3.05, 3.63) is 28.8 Å². The smallest absolute Gasteiger partial charge is 0.260 e. The number of ether oxygens (including phenoxy) is 1. The highest BCUT2D eigenvalue weighted by atomic mass is 35.5. The molecule has 1 aromatic carbocycles. The van der Waals surface area contributed by atoms with E-state index < -0.39 is 0 Å². The largest absolute Gasteiger partial charge is 0.482 e. The highest BCUT2D eigenvalue weighted by Gasteiger charge is 2.41. The average Bonchev–Trinajstić information content (AvgIpc) is 2.94. The Morgan fingerprint density at radius 2 is 1.96 bits per heavy atom. The van der Waals surface area contributed by atoms with Crippen LogP contribution in [0.1, 0.15) is 24.8 Å². The van der Waals surface area contributed by atoms with Gasteiger partial charge in [-0.2, -0.15) is 0 Å². The van der Waals surface area contributed by atoms with Crippen molar-refractivity contribution in [2.75, 3.05) is 39.8 Å². The van der Waals surface area contributed by atoms with Crippen molar-refractivity contribution in [3.8, 4) is 5.75 Å². The Hall–Kier alpha value is -1.26. The number of amides is 1. The lowest BCUT2D eigenvalue weighted by molar-refractivity contribution is -0.132. The molecule has 1 amide bonds. The molecule has 2 saturated heterocycles. The van der Waals surface area contributed by atoms with E-state index >= 15 is 0 Å². The third kappa shape index (κ3) is 3.64. The summed E-state index contributed by atoms with van der Waals surface area (Å²) in [5.74, 6) is 0.691. The maximum atomic E-state index is 12.5. The monoisotopic (exact) mass is 336 g/mol. The first kappa shape index (κ1) is 16.6. The molecular weight excluding hydrogens is 312 g/mol. The molecule has 2 aliphatic rings. The Morgan fingerprint density at radius 1 is 1.26 bits per heavy atom. The van der Waals surface area contributed by atoms with Gasteiger partial charge >= 0.3 is 0 Å². The number of hydrogen-bond donors (Lipinski definition) is 0. The van der Waals surface area contributed by atoms with E-state index in [1.54, 1.807) is 6.07 Å². The fraction of sp³-hybridized carbons (Fsp3) is 0.611. The van der Waals surface area contributed by atoms with E-state index in [-0.39, 0.29) is 12.5 Å². The lowest BCUT2D eigenvalue weighted by atomic mass is 9.78. The molecule has 2 aliphatic heterocycles. The third-order valence-electron chi connectivity index (χ3n) is 5.34. The van der Waals surface area contributed by atoms with Crippen molar-refractivity contribution in [2.24, 2.45) is 5.41 Å². The number of benzene rings is 1. The molecular formula is C18H25ClN2O2. The fourth-order valence-corrected chi connectivity index (χ4v) is 3.95. The zero-order valence-electron chi connectivity index (χ0n) is 14.0. The molecule has 0 unspecified atom stereocenters. The number of halogens is 1. The summed E-state index contributed by atoms with van der Waals surface area (Å²) in [6, 6.07) is 5.61. The van der Waals surface area contributed by atoms with Gasteiger partial charge in [0.15, 0.2) is 6.61 Å². The first-order chi connectivity index (χ1) is 11.0. The van der Waals surface area contributed by atoms with Gasteiger partial charge in [0.25, 0.3) is 5.91 Å². The predicted octanol–water partition coefficient (Wildman–Crippen LogP) is 2.97. The molecule has 0 radical (unpaired) electrons. The van der Waals surface area contributed by atoms with Crippen molar-refractivity contribution >= 4 is 17.5 Å². The van der Waals surface area contributed by atoms with E-state index in [0.29, 0.717) is 16.2 Å². The molecule has 3 rings (SSSR count). The van der Waals surface area contributed by atoms with E-state index in [4.69, 9.17) is 16.3 Å². The molecule has 0 N–H and O–H groups in total. The van der Waals surface area contributed by atoms with Gasteiger partial charge in [0.1, 0.15) is 5.75 Å². The van der Waals surface area contributed by atoms with Crippen LogP contribution in [0.25, 0.3) is 0 Å². The molecule has 126 valence electrons. The van der Waals surface area contributed by atoms with Crippen LogP contribution < -0.4 is 4.74 Å². The lowest BCUT2D eigenvalue weighted by Gasteiger charge is -2.37. The molecule has 0 atom stereocenters. The first-order valence-electron chi connectivity index (χ1n) is 8.33. The van der Waals surface area contributed by atoms with Crippen LogP contribution in [0, 0.1) is 12.3 Å². The number of piperidine rings is 1. The summed E-state index contributed by atoms with van der Waals surface area (Å²) in [5, 5.41) is 0.561. The normalized spacial score (nSPS) is 20.9. The molecule has 0 bridgehead atoms. The summed E-state index contributed by atoms with van der Waals surface area (Å²) in [4.78, 5) is 16.8. The van der Waals surface area contributed by atoms with Crippen molar-refractivity contribution in [1.82, 2.24) is 9.80 Å². The second-order valence-electron chi connectivity index (χ2n) is 7.04. The maximum Gasteiger partial charge on any atom is 0.260 e. The van der Waals surface area contributed by atoms with Crippen molar-refractivity contribution in [1.29, 1.82) is 0 Å².